The molecule has 7 nitrogen and oxygen atoms in total. The van der Waals surface area contributed by atoms with Crippen LogP contribution in [0.25, 0.3) is 11.1 Å². The Morgan fingerprint density at radius 3 is 2.53 bits per heavy atom. The van der Waals surface area contributed by atoms with E-state index in [0.29, 0.717) is 12.1 Å². The lowest BCUT2D eigenvalue weighted by molar-refractivity contribution is 0.111. The third kappa shape index (κ3) is 5.97. The summed E-state index contributed by atoms with van der Waals surface area (Å²) in [7, 11) is 0. The van der Waals surface area contributed by atoms with Gasteiger partial charge in [0, 0.05) is 61.8 Å². The zero-order valence-corrected chi connectivity index (χ0v) is 22.6. The lowest BCUT2D eigenvalue weighted by Crippen LogP contribution is -2.44. The van der Waals surface area contributed by atoms with Crippen molar-refractivity contribution in [3.8, 4) is 11.1 Å². The maximum atomic E-state index is 10.1. The highest BCUT2D eigenvalue weighted by atomic mass is 35.5. The number of fused-ring (bicyclic) bond motifs is 1. The van der Waals surface area contributed by atoms with Crippen molar-refractivity contribution in [2.45, 2.75) is 76.8 Å². The van der Waals surface area contributed by atoms with E-state index in [2.05, 4.69) is 75.9 Å². The molecule has 1 aliphatic carbocycles. The molecular formula is C28H43ClN6O. The molecule has 36 heavy (non-hydrogen) atoms. The number of rotatable bonds is 8. The molecular weight excluding hydrogens is 472 g/mol. The highest BCUT2D eigenvalue weighted by Gasteiger charge is 2.28. The van der Waals surface area contributed by atoms with Crippen molar-refractivity contribution in [3.05, 3.63) is 41.6 Å². The van der Waals surface area contributed by atoms with Gasteiger partial charge in [0.2, 0.25) is 0 Å². The van der Waals surface area contributed by atoms with Gasteiger partial charge in [-0.05, 0) is 56.7 Å². The average molecular weight is 515 g/mol. The van der Waals surface area contributed by atoms with Crippen LogP contribution in [0.3, 0.4) is 0 Å². The van der Waals surface area contributed by atoms with Crippen molar-refractivity contribution in [3.63, 3.8) is 0 Å². The Kier molecular flexibility index (Phi) is 9.47. The highest BCUT2D eigenvalue weighted by molar-refractivity contribution is 5.98. The predicted molar refractivity (Wildman–Crippen MR) is 151 cm³/mol. The zero-order chi connectivity index (χ0) is 24.2. The van der Waals surface area contributed by atoms with Crippen molar-refractivity contribution >= 4 is 24.4 Å². The Hall–Kier alpha value is -1.90. The first-order valence-corrected chi connectivity index (χ1v) is 13.6. The van der Waals surface area contributed by atoms with Gasteiger partial charge < -0.3 is 20.3 Å². The Morgan fingerprint density at radius 2 is 1.83 bits per heavy atom. The SMILES string of the molecule is CCCCNC1N=Cc2c(-c3ccc(C(C)N4CCNCC4)cc3)cn(C3CCC(O)CC3)c2N1.Cl. The number of hydrogen-bond donors (Lipinski definition) is 4. The molecule has 1 aromatic heterocycles. The third-order valence-electron chi connectivity index (χ3n) is 8.03. The average Bonchev–Trinajstić information content (AvgIpc) is 3.28. The Bertz CT molecular complexity index is 992. The second-order valence-corrected chi connectivity index (χ2v) is 10.4. The van der Waals surface area contributed by atoms with E-state index in [1.54, 1.807) is 0 Å². The smallest absolute Gasteiger partial charge is 0.174 e. The molecule has 3 heterocycles. The molecule has 2 fully saturated rings. The number of hydrogen-bond acceptors (Lipinski definition) is 6. The van der Waals surface area contributed by atoms with E-state index in [9.17, 15) is 5.11 Å². The number of nitrogens with zero attached hydrogens (tertiary/aromatic N) is 3. The number of aromatic nitrogens is 1. The lowest BCUT2D eigenvalue weighted by Gasteiger charge is -2.33. The second-order valence-electron chi connectivity index (χ2n) is 10.4. The summed E-state index contributed by atoms with van der Waals surface area (Å²) in [6, 6.07) is 9.98. The van der Waals surface area contributed by atoms with Crippen LogP contribution in [-0.4, -0.2) is 65.9 Å². The summed E-state index contributed by atoms with van der Waals surface area (Å²) in [5.41, 5.74) is 5.01. The van der Waals surface area contributed by atoms with Gasteiger partial charge in [-0.15, -0.1) is 12.4 Å². The Labute approximate surface area is 222 Å². The van der Waals surface area contributed by atoms with E-state index in [1.165, 1.54) is 28.7 Å². The van der Waals surface area contributed by atoms with Crippen LogP contribution in [0.1, 0.15) is 75.6 Å². The minimum absolute atomic E-state index is 0. The quantitative estimate of drug-likeness (QED) is 0.389. The fourth-order valence-electron chi connectivity index (χ4n) is 5.73. The summed E-state index contributed by atoms with van der Waals surface area (Å²) in [4.78, 5) is 7.35. The molecule has 198 valence electrons. The van der Waals surface area contributed by atoms with Crippen LogP contribution in [0.15, 0.2) is 35.5 Å². The molecule has 3 aliphatic rings. The maximum absolute atomic E-state index is 10.1. The third-order valence-corrected chi connectivity index (χ3v) is 8.03. The first-order chi connectivity index (χ1) is 17.1. The van der Waals surface area contributed by atoms with Gasteiger partial charge in [0.1, 0.15) is 5.82 Å². The van der Waals surface area contributed by atoms with E-state index in [1.807, 2.05) is 0 Å². The van der Waals surface area contributed by atoms with Gasteiger partial charge in [0.05, 0.1) is 6.10 Å². The minimum Gasteiger partial charge on any atom is -0.393 e. The lowest BCUT2D eigenvalue weighted by atomic mass is 9.93. The molecule has 0 amide bonds. The van der Waals surface area contributed by atoms with Crippen LogP contribution < -0.4 is 16.0 Å². The fraction of sp³-hybridized carbons (Fsp3) is 0.607. The summed E-state index contributed by atoms with van der Waals surface area (Å²) < 4.78 is 2.42. The van der Waals surface area contributed by atoms with E-state index in [0.717, 1.165) is 70.6 Å². The van der Waals surface area contributed by atoms with Crippen molar-refractivity contribution in [2.24, 2.45) is 4.99 Å². The van der Waals surface area contributed by atoms with Crippen molar-refractivity contribution in [1.82, 2.24) is 20.1 Å². The molecule has 2 atom stereocenters. The van der Waals surface area contributed by atoms with Crippen LogP contribution in [-0.2, 0) is 0 Å². The number of halogens is 1. The molecule has 1 aromatic carbocycles. The molecule has 2 unspecified atom stereocenters. The number of anilines is 1. The monoisotopic (exact) mass is 514 g/mol. The largest absolute Gasteiger partial charge is 0.393 e. The van der Waals surface area contributed by atoms with Crippen molar-refractivity contribution in [1.29, 1.82) is 0 Å². The molecule has 8 heteroatoms. The first-order valence-electron chi connectivity index (χ1n) is 13.6. The summed E-state index contributed by atoms with van der Waals surface area (Å²) in [5, 5.41) is 20.7. The summed E-state index contributed by atoms with van der Waals surface area (Å²) in [6.07, 6.45) is 10.2. The standard InChI is InChI=1S/C28H42N6O.ClH/c1-3-4-13-30-28-31-18-25-26(19-34(27(25)32-28)23-9-11-24(35)12-10-23)22-7-5-21(6-8-22)20(2)33-16-14-29-15-17-33;/h5-8,18-20,23-24,28-30,32,35H,3-4,9-17H2,1-2H3;1H. The molecule has 1 saturated heterocycles. The highest BCUT2D eigenvalue weighted by Crippen LogP contribution is 2.39. The van der Waals surface area contributed by atoms with E-state index in [4.69, 9.17) is 4.99 Å². The molecule has 5 rings (SSSR count). The molecule has 1 saturated carbocycles. The van der Waals surface area contributed by atoms with Crippen LogP contribution in [0.4, 0.5) is 5.82 Å². The summed E-state index contributed by atoms with van der Waals surface area (Å²) >= 11 is 0. The van der Waals surface area contributed by atoms with E-state index >= 15 is 0 Å². The van der Waals surface area contributed by atoms with Gasteiger partial charge in [-0.1, -0.05) is 37.6 Å². The van der Waals surface area contributed by atoms with Crippen LogP contribution in [0.2, 0.25) is 0 Å². The molecule has 0 bridgehead atoms. The molecule has 4 N–H and O–H groups in total. The Morgan fingerprint density at radius 1 is 1.11 bits per heavy atom. The number of aliphatic hydroxyl groups is 1. The first kappa shape index (κ1) is 27.1. The Balaban J connectivity index is 0.00000304. The summed E-state index contributed by atoms with van der Waals surface area (Å²) in [6.45, 7) is 9.83. The number of piperazine rings is 1. The number of aliphatic hydroxyl groups excluding tert-OH is 1. The molecule has 0 spiro atoms. The second kappa shape index (κ2) is 12.6. The summed E-state index contributed by atoms with van der Waals surface area (Å²) in [5.74, 6) is 1.16. The number of unbranched alkanes of at least 4 members (excludes halogenated alkanes) is 1. The van der Waals surface area contributed by atoms with Gasteiger partial charge in [0.15, 0.2) is 6.29 Å². The molecule has 2 aliphatic heterocycles. The van der Waals surface area contributed by atoms with Crippen LogP contribution in [0.5, 0.6) is 0 Å². The van der Waals surface area contributed by atoms with Crippen LogP contribution in [0, 0.1) is 0 Å². The van der Waals surface area contributed by atoms with Crippen molar-refractivity contribution in [2.75, 3.05) is 38.0 Å². The van der Waals surface area contributed by atoms with Gasteiger partial charge in [0.25, 0.3) is 0 Å². The zero-order valence-electron chi connectivity index (χ0n) is 21.7. The minimum atomic E-state index is -0.152. The van der Waals surface area contributed by atoms with Crippen LogP contribution >= 0.6 is 12.4 Å². The van der Waals surface area contributed by atoms with E-state index < -0.39 is 0 Å². The number of aliphatic imine (C=N–C) groups is 1. The van der Waals surface area contributed by atoms with Crippen molar-refractivity contribution < 1.29 is 5.11 Å². The van der Waals surface area contributed by atoms with Gasteiger partial charge in [-0.2, -0.15) is 0 Å². The normalized spacial score (nSPS) is 25.0. The fourth-order valence-corrected chi connectivity index (χ4v) is 5.73. The molecule has 2 aromatic rings. The van der Waals surface area contributed by atoms with E-state index in [-0.39, 0.29) is 24.8 Å². The maximum Gasteiger partial charge on any atom is 0.174 e. The van der Waals surface area contributed by atoms with Gasteiger partial charge in [-0.3, -0.25) is 15.2 Å². The number of nitrogens with one attached hydrogen (secondary N) is 3. The topological polar surface area (TPSA) is 76.9 Å². The van der Waals surface area contributed by atoms with Gasteiger partial charge in [-0.25, -0.2) is 0 Å². The predicted octanol–water partition coefficient (Wildman–Crippen LogP) is 4.54. The number of benzene rings is 1. The van der Waals surface area contributed by atoms with Gasteiger partial charge >= 0.3 is 0 Å². The molecule has 0 radical (unpaired) electrons.